The lowest BCUT2D eigenvalue weighted by atomic mass is 9.81. The molecule has 0 atom stereocenters. The molecule has 9 heteroatoms. The highest BCUT2D eigenvalue weighted by Gasteiger charge is 2.29. The second-order valence-electron chi connectivity index (χ2n) is 6.34. The number of halogens is 3. The van der Waals surface area contributed by atoms with Crippen LogP contribution in [0, 0.1) is 11.2 Å². The fourth-order valence-electron chi connectivity index (χ4n) is 2.57. The summed E-state index contributed by atoms with van der Waals surface area (Å²) in [5.74, 6) is -0.509. The highest BCUT2D eigenvalue weighted by Crippen LogP contribution is 2.27. The summed E-state index contributed by atoms with van der Waals surface area (Å²) in [6, 6.07) is 4.31. The average molecular weight is 400 g/mol. The zero-order valence-electron chi connectivity index (χ0n) is 13.8. The molecule has 5 nitrogen and oxygen atoms in total. The van der Waals surface area contributed by atoms with Gasteiger partial charge in [0.2, 0.25) is 0 Å². The highest BCUT2D eigenvalue weighted by atomic mass is 35.5. The summed E-state index contributed by atoms with van der Waals surface area (Å²) < 4.78 is 42.3. The smallest absolute Gasteiger partial charge is 0.279 e. The Morgan fingerprint density at radius 1 is 1.38 bits per heavy atom. The molecule has 1 saturated heterocycles. The monoisotopic (exact) mass is 399 g/mol. The summed E-state index contributed by atoms with van der Waals surface area (Å²) in [5, 5.41) is 3.48. The number of hydrogen-bond acceptors (Lipinski definition) is 3. The van der Waals surface area contributed by atoms with E-state index >= 15 is 0 Å². The van der Waals surface area contributed by atoms with Gasteiger partial charge >= 0.3 is 0 Å². The van der Waals surface area contributed by atoms with Gasteiger partial charge in [0.05, 0.1) is 0 Å². The van der Waals surface area contributed by atoms with Crippen LogP contribution in [-0.2, 0) is 16.8 Å². The standard InChI is InChI=1S/C15H23ClFN3O2S.ClH/c1-15(6-8-18-9-7-15)11-19-23(21,22)20(2)10-12-13(16)4-3-5-14(12)17;/h3-5,18-19H,6-11H2,1-2H3;1H. The van der Waals surface area contributed by atoms with Crippen LogP contribution in [0.15, 0.2) is 18.2 Å². The van der Waals surface area contributed by atoms with E-state index in [1.54, 1.807) is 6.07 Å². The third kappa shape index (κ3) is 5.54. The fourth-order valence-corrected chi connectivity index (χ4v) is 3.85. The quantitative estimate of drug-likeness (QED) is 0.772. The molecule has 2 N–H and O–H groups in total. The Hall–Kier alpha value is -0.440. The van der Waals surface area contributed by atoms with E-state index in [4.69, 9.17) is 11.6 Å². The van der Waals surface area contributed by atoms with E-state index in [2.05, 4.69) is 17.0 Å². The molecular weight excluding hydrogens is 376 g/mol. The van der Waals surface area contributed by atoms with Crippen LogP contribution in [0.2, 0.25) is 5.02 Å². The molecule has 1 heterocycles. The van der Waals surface area contributed by atoms with Crippen molar-refractivity contribution in [1.29, 1.82) is 0 Å². The normalized spacial score (nSPS) is 17.5. The van der Waals surface area contributed by atoms with Crippen molar-refractivity contribution >= 4 is 34.2 Å². The van der Waals surface area contributed by atoms with Crippen molar-refractivity contribution in [2.24, 2.45) is 5.41 Å². The minimum atomic E-state index is -3.69. The lowest BCUT2D eigenvalue weighted by molar-refractivity contribution is 0.230. The van der Waals surface area contributed by atoms with Crippen LogP contribution in [-0.4, -0.2) is 39.4 Å². The lowest BCUT2D eigenvalue weighted by Gasteiger charge is -2.34. The SMILES string of the molecule is CN(Cc1c(F)cccc1Cl)S(=O)(=O)NCC1(C)CCNCC1.Cl. The Kier molecular flexibility index (Phi) is 7.90. The summed E-state index contributed by atoms with van der Waals surface area (Å²) in [7, 11) is -2.28. The van der Waals surface area contributed by atoms with Gasteiger partial charge in [-0.2, -0.15) is 12.7 Å². The average Bonchev–Trinajstić information content (AvgIpc) is 2.50. The summed E-state index contributed by atoms with van der Waals surface area (Å²) in [6.07, 6.45) is 1.83. The summed E-state index contributed by atoms with van der Waals surface area (Å²) >= 11 is 5.96. The van der Waals surface area contributed by atoms with Gasteiger partial charge < -0.3 is 5.32 Å². The maximum absolute atomic E-state index is 13.8. The molecule has 0 unspecified atom stereocenters. The first-order chi connectivity index (χ1) is 10.7. The van der Waals surface area contributed by atoms with E-state index in [9.17, 15) is 12.8 Å². The van der Waals surface area contributed by atoms with Crippen molar-refractivity contribution in [3.8, 4) is 0 Å². The van der Waals surface area contributed by atoms with Crippen LogP contribution in [0.4, 0.5) is 4.39 Å². The Bertz CT molecular complexity index is 632. The van der Waals surface area contributed by atoms with E-state index in [0.29, 0.717) is 6.54 Å². The Morgan fingerprint density at radius 2 is 2.00 bits per heavy atom. The van der Waals surface area contributed by atoms with Gasteiger partial charge in [0.15, 0.2) is 0 Å². The van der Waals surface area contributed by atoms with Gasteiger partial charge in [-0.3, -0.25) is 0 Å². The number of piperidine rings is 1. The van der Waals surface area contributed by atoms with Crippen molar-refractivity contribution in [3.63, 3.8) is 0 Å². The van der Waals surface area contributed by atoms with Gasteiger partial charge in [0.1, 0.15) is 5.82 Å². The molecule has 0 bridgehead atoms. The van der Waals surface area contributed by atoms with Crippen molar-refractivity contribution in [3.05, 3.63) is 34.6 Å². The first-order valence-corrected chi connectivity index (χ1v) is 9.40. The highest BCUT2D eigenvalue weighted by molar-refractivity contribution is 7.87. The predicted molar refractivity (Wildman–Crippen MR) is 97.3 cm³/mol. The minimum Gasteiger partial charge on any atom is -0.317 e. The predicted octanol–water partition coefficient (Wildman–Crippen LogP) is 2.56. The van der Waals surface area contributed by atoms with Gasteiger partial charge in [-0.05, 0) is 43.5 Å². The summed E-state index contributed by atoms with van der Waals surface area (Å²) in [4.78, 5) is 0. The maximum atomic E-state index is 13.8. The molecule has 1 fully saturated rings. The fraction of sp³-hybridized carbons (Fsp3) is 0.600. The number of benzene rings is 1. The summed E-state index contributed by atoms with van der Waals surface area (Å²) in [6.45, 7) is 4.10. The van der Waals surface area contributed by atoms with Gasteiger partial charge in [0.25, 0.3) is 10.2 Å². The first-order valence-electron chi connectivity index (χ1n) is 7.58. The molecule has 138 valence electrons. The van der Waals surface area contributed by atoms with Crippen molar-refractivity contribution in [2.45, 2.75) is 26.3 Å². The van der Waals surface area contributed by atoms with E-state index in [0.717, 1.165) is 30.2 Å². The number of hydrogen-bond donors (Lipinski definition) is 2. The number of rotatable bonds is 6. The molecular formula is C15H24Cl2FN3O2S. The molecule has 0 aliphatic carbocycles. The van der Waals surface area contributed by atoms with Crippen LogP contribution < -0.4 is 10.0 Å². The molecule has 1 aliphatic heterocycles. The van der Waals surface area contributed by atoms with Crippen LogP contribution in [0.1, 0.15) is 25.3 Å². The maximum Gasteiger partial charge on any atom is 0.279 e. The Balaban J connectivity index is 0.00000288. The molecule has 0 spiro atoms. The lowest BCUT2D eigenvalue weighted by Crippen LogP contribution is -2.46. The van der Waals surface area contributed by atoms with Crippen molar-refractivity contribution in [2.75, 3.05) is 26.7 Å². The molecule has 1 aliphatic rings. The first kappa shape index (κ1) is 21.6. The van der Waals surface area contributed by atoms with Gasteiger partial charge in [-0.15, -0.1) is 12.4 Å². The van der Waals surface area contributed by atoms with Crippen molar-refractivity contribution in [1.82, 2.24) is 14.3 Å². The van der Waals surface area contributed by atoms with Crippen LogP contribution >= 0.6 is 24.0 Å². The molecule has 0 saturated carbocycles. The Morgan fingerprint density at radius 3 is 2.58 bits per heavy atom. The van der Waals surface area contributed by atoms with Gasteiger partial charge in [0, 0.05) is 30.7 Å². The van der Waals surface area contributed by atoms with E-state index in [1.165, 1.54) is 19.2 Å². The van der Waals surface area contributed by atoms with Gasteiger partial charge in [-0.1, -0.05) is 24.6 Å². The van der Waals surface area contributed by atoms with E-state index < -0.39 is 16.0 Å². The number of nitrogens with zero attached hydrogens (tertiary/aromatic N) is 1. The largest absolute Gasteiger partial charge is 0.317 e. The molecule has 0 aromatic heterocycles. The second kappa shape index (κ2) is 8.78. The van der Waals surface area contributed by atoms with E-state index in [1.807, 2.05) is 0 Å². The third-order valence-electron chi connectivity index (χ3n) is 4.34. The Labute approximate surface area is 154 Å². The zero-order valence-corrected chi connectivity index (χ0v) is 16.2. The third-order valence-corrected chi connectivity index (χ3v) is 6.16. The topological polar surface area (TPSA) is 61.4 Å². The van der Waals surface area contributed by atoms with Gasteiger partial charge in [-0.25, -0.2) is 9.11 Å². The molecule has 0 radical (unpaired) electrons. The molecule has 2 rings (SSSR count). The van der Waals surface area contributed by atoms with Crippen LogP contribution in [0.25, 0.3) is 0 Å². The van der Waals surface area contributed by atoms with Crippen LogP contribution in [0.3, 0.4) is 0 Å². The zero-order chi connectivity index (χ0) is 17.1. The van der Waals surface area contributed by atoms with E-state index in [-0.39, 0.29) is 35.0 Å². The molecule has 1 aromatic carbocycles. The second-order valence-corrected chi connectivity index (χ2v) is 8.61. The summed E-state index contributed by atoms with van der Waals surface area (Å²) in [5.41, 5.74) is 0.115. The van der Waals surface area contributed by atoms with Crippen molar-refractivity contribution < 1.29 is 12.8 Å². The minimum absolute atomic E-state index is 0. The molecule has 24 heavy (non-hydrogen) atoms. The molecule has 1 aromatic rings. The van der Waals surface area contributed by atoms with Crippen LogP contribution in [0.5, 0.6) is 0 Å². The molecule has 0 amide bonds. The number of nitrogens with one attached hydrogen (secondary N) is 2.